The topological polar surface area (TPSA) is 90.6 Å². The molecule has 0 fully saturated rings. The van der Waals surface area contributed by atoms with Gasteiger partial charge in [0.2, 0.25) is 10.0 Å². The molecule has 0 saturated carbocycles. The zero-order valence-corrected chi connectivity index (χ0v) is 11.3. The van der Waals surface area contributed by atoms with E-state index in [4.69, 9.17) is 14.6 Å². The lowest BCUT2D eigenvalue weighted by atomic mass is 10.2. The Labute approximate surface area is 107 Å². The first-order valence-corrected chi connectivity index (χ1v) is 7.09. The van der Waals surface area contributed by atoms with Crippen molar-refractivity contribution < 1.29 is 17.9 Å². The van der Waals surface area contributed by atoms with Gasteiger partial charge >= 0.3 is 0 Å². The molecular weight excluding hydrogens is 256 g/mol. The number of rotatable bonds is 7. The molecule has 6 nitrogen and oxygen atoms in total. The second kappa shape index (κ2) is 6.58. The molecular formula is C11H18N2O4S. The van der Waals surface area contributed by atoms with E-state index in [9.17, 15) is 8.42 Å². The number of hydrogen-bond donors (Lipinski definition) is 2. The predicted molar refractivity (Wildman–Crippen MR) is 69.2 cm³/mol. The minimum Gasteiger partial charge on any atom is -0.497 e. The summed E-state index contributed by atoms with van der Waals surface area (Å²) in [5.41, 5.74) is 0.945. The second-order valence-electron chi connectivity index (χ2n) is 3.76. The molecule has 0 atom stereocenters. The van der Waals surface area contributed by atoms with Crippen molar-refractivity contribution >= 4 is 10.0 Å². The number of nitrogens with one attached hydrogen (secondary N) is 1. The van der Waals surface area contributed by atoms with Crippen molar-refractivity contribution in [3.63, 3.8) is 0 Å². The first-order valence-electron chi connectivity index (χ1n) is 5.38. The Balaban J connectivity index is 2.56. The third-order valence-corrected chi connectivity index (χ3v) is 3.08. The van der Waals surface area contributed by atoms with E-state index in [1.54, 1.807) is 20.3 Å². The van der Waals surface area contributed by atoms with E-state index in [1.165, 1.54) is 0 Å². The Morgan fingerprint density at radius 3 is 2.17 bits per heavy atom. The molecule has 0 radical (unpaired) electrons. The molecule has 0 spiro atoms. The summed E-state index contributed by atoms with van der Waals surface area (Å²) < 4.78 is 31.8. The van der Waals surface area contributed by atoms with Crippen molar-refractivity contribution in [3.05, 3.63) is 23.8 Å². The van der Waals surface area contributed by atoms with Crippen LogP contribution in [0.15, 0.2) is 18.2 Å². The fourth-order valence-electron chi connectivity index (χ4n) is 1.42. The van der Waals surface area contributed by atoms with Crippen LogP contribution in [0, 0.1) is 0 Å². The van der Waals surface area contributed by atoms with Gasteiger partial charge in [-0.2, -0.15) is 0 Å². The maximum Gasteiger partial charge on any atom is 0.210 e. The summed E-state index contributed by atoms with van der Waals surface area (Å²) in [5.74, 6) is 1.30. The van der Waals surface area contributed by atoms with Crippen molar-refractivity contribution in [3.8, 4) is 11.5 Å². The minimum atomic E-state index is -3.42. The molecule has 3 N–H and O–H groups in total. The molecule has 0 aliphatic heterocycles. The van der Waals surface area contributed by atoms with Crippen LogP contribution in [-0.4, -0.2) is 34.9 Å². The number of sulfonamides is 1. The maximum atomic E-state index is 10.7. The SMILES string of the molecule is COc1cc(CNCCS(N)(=O)=O)cc(OC)c1. The Kier molecular flexibility index (Phi) is 5.39. The van der Waals surface area contributed by atoms with Crippen LogP contribution in [0.3, 0.4) is 0 Å². The van der Waals surface area contributed by atoms with Gasteiger partial charge < -0.3 is 14.8 Å². The largest absolute Gasteiger partial charge is 0.497 e. The van der Waals surface area contributed by atoms with Gasteiger partial charge in [0.05, 0.1) is 20.0 Å². The Morgan fingerprint density at radius 2 is 1.72 bits per heavy atom. The third-order valence-electron chi connectivity index (χ3n) is 2.30. The first kappa shape index (κ1) is 14.7. The third kappa shape index (κ3) is 5.35. The molecule has 18 heavy (non-hydrogen) atoms. The first-order chi connectivity index (χ1) is 8.44. The van der Waals surface area contributed by atoms with Crippen molar-refractivity contribution in [1.29, 1.82) is 0 Å². The normalized spacial score (nSPS) is 11.3. The summed E-state index contributed by atoms with van der Waals surface area (Å²) in [5, 5.41) is 7.89. The van der Waals surface area contributed by atoms with Crippen molar-refractivity contribution in [2.75, 3.05) is 26.5 Å². The summed E-state index contributed by atoms with van der Waals surface area (Å²) >= 11 is 0. The molecule has 0 bridgehead atoms. The highest BCUT2D eigenvalue weighted by Gasteiger charge is 2.04. The highest BCUT2D eigenvalue weighted by Crippen LogP contribution is 2.22. The number of methoxy groups -OCH3 is 2. The molecule has 1 rings (SSSR count). The number of hydrogen-bond acceptors (Lipinski definition) is 5. The summed E-state index contributed by atoms with van der Waals surface area (Å²) in [6.45, 7) is 0.821. The Bertz CT molecular complexity index is 466. The summed E-state index contributed by atoms with van der Waals surface area (Å²) in [4.78, 5) is 0. The van der Waals surface area contributed by atoms with Gasteiger partial charge in [-0.05, 0) is 17.7 Å². The molecule has 1 aromatic carbocycles. The zero-order chi connectivity index (χ0) is 13.6. The molecule has 0 unspecified atom stereocenters. The van der Waals surface area contributed by atoms with Gasteiger partial charge in [0.1, 0.15) is 11.5 Å². The average Bonchev–Trinajstić information content (AvgIpc) is 2.33. The van der Waals surface area contributed by atoms with Gasteiger partial charge in [0.15, 0.2) is 0 Å². The minimum absolute atomic E-state index is 0.0892. The van der Waals surface area contributed by atoms with Crippen LogP contribution in [-0.2, 0) is 16.6 Å². The number of ether oxygens (including phenoxy) is 2. The van der Waals surface area contributed by atoms with Gasteiger partial charge in [-0.15, -0.1) is 0 Å². The number of nitrogens with two attached hydrogens (primary N) is 1. The lowest BCUT2D eigenvalue weighted by Crippen LogP contribution is -2.26. The van der Waals surface area contributed by atoms with Crippen LogP contribution >= 0.6 is 0 Å². The molecule has 7 heteroatoms. The molecule has 0 aromatic heterocycles. The molecule has 0 saturated heterocycles. The average molecular weight is 274 g/mol. The highest BCUT2D eigenvalue weighted by atomic mass is 32.2. The molecule has 0 aliphatic carbocycles. The van der Waals surface area contributed by atoms with Gasteiger partial charge in [-0.3, -0.25) is 0 Å². The second-order valence-corrected chi connectivity index (χ2v) is 5.50. The predicted octanol–water partition coefficient (Wildman–Crippen LogP) is 0.0819. The number of benzene rings is 1. The smallest absolute Gasteiger partial charge is 0.210 e. The fraction of sp³-hybridized carbons (Fsp3) is 0.455. The van der Waals surface area contributed by atoms with Crippen LogP contribution in [0.4, 0.5) is 0 Å². The van der Waals surface area contributed by atoms with E-state index in [-0.39, 0.29) is 5.75 Å². The van der Waals surface area contributed by atoms with Crippen LogP contribution in [0.1, 0.15) is 5.56 Å². The van der Waals surface area contributed by atoms with E-state index in [0.717, 1.165) is 5.56 Å². The summed E-state index contributed by atoms with van der Waals surface area (Å²) in [6, 6.07) is 5.48. The van der Waals surface area contributed by atoms with Crippen molar-refractivity contribution in [2.24, 2.45) is 5.14 Å². The summed E-state index contributed by atoms with van der Waals surface area (Å²) in [7, 11) is -0.263. The Morgan fingerprint density at radius 1 is 1.17 bits per heavy atom. The molecule has 0 heterocycles. The van der Waals surface area contributed by atoms with Crippen LogP contribution in [0.2, 0.25) is 0 Å². The standard InChI is InChI=1S/C11H18N2O4S/c1-16-10-5-9(6-11(7-10)17-2)8-13-3-4-18(12,14)15/h5-7,13H,3-4,8H2,1-2H3,(H2,12,14,15). The molecule has 0 aliphatic rings. The highest BCUT2D eigenvalue weighted by molar-refractivity contribution is 7.89. The molecule has 102 valence electrons. The zero-order valence-electron chi connectivity index (χ0n) is 10.5. The monoisotopic (exact) mass is 274 g/mol. The molecule has 0 amide bonds. The van der Waals surface area contributed by atoms with Gasteiger partial charge in [-0.25, -0.2) is 13.6 Å². The van der Waals surface area contributed by atoms with Crippen LogP contribution < -0.4 is 19.9 Å². The van der Waals surface area contributed by atoms with E-state index >= 15 is 0 Å². The quantitative estimate of drug-likeness (QED) is 0.687. The lowest BCUT2D eigenvalue weighted by Gasteiger charge is -2.09. The van der Waals surface area contributed by atoms with E-state index in [2.05, 4.69) is 5.32 Å². The lowest BCUT2D eigenvalue weighted by molar-refractivity contribution is 0.393. The van der Waals surface area contributed by atoms with Crippen molar-refractivity contribution in [2.45, 2.75) is 6.54 Å². The summed E-state index contributed by atoms with van der Waals surface area (Å²) in [6.07, 6.45) is 0. The van der Waals surface area contributed by atoms with Crippen molar-refractivity contribution in [1.82, 2.24) is 5.32 Å². The number of primary sulfonamides is 1. The molecule has 1 aromatic rings. The van der Waals surface area contributed by atoms with Crippen LogP contribution in [0.5, 0.6) is 11.5 Å². The van der Waals surface area contributed by atoms with Gasteiger partial charge in [0.25, 0.3) is 0 Å². The van der Waals surface area contributed by atoms with E-state index in [0.29, 0.717) is 24.6 Å². The van der Waals surface area contributed by atoms with Gasteiger partial charge in [0, 0.05) is 19.2 Å². The van der Waals surface area contributed by atoms with E-state index in [1.807, 2.05) is 12.1 Å². The van der Waals surface area contributed by atoms with Gasteiger partial charge in [-0.1, -0.05) is 0 Å². The van der Waals surface area contributed by atoms with Crippen LogP contribution in [0.25, 0.3) is 0 Å². The maximum absolute atomic E-state index is 10.7. The Hall–Kier alpha value is -1.31. The van der Waals surface area contributed by atoms with E-state index < -0.39 is 10.0 Å². The fourth-order valence-corrected chi connectivity index (χ4v) is 1.84.